The molecule has 0 saturated carbocycles. The molecule has 0 aliphatic heterocycles. The molecule has 0 unspecified atom stereocenters. The first-order chi connectivity index (χ1) is 8.50. The number of carboxylic acid groups (broad SMARTS) is 1. The number of H-pyrrole nitrogens is 1. The van der Waals surface area contributed by atoms with Gasteiger partial charge in [0.15, 0.2) is 0 Å². The minimum Gasteiger partial charge on any atom is -0.478 e. The Morgan fingerprint density at radius 1 is 1.50 bits per heavy atom. The summed E-state index contributed by atoms with van der Waals surface area (Å²) >= 11 is 3.13. The molecule has 0 fully saturated rings. The van der Waals surface area contributed by atoms with Gasteiger partial charge in [0.1, 0.15) is 5.56 Å². The molecule has 0 bridgehead atoms. The van der Waals surface area contributed by atoms with Gasteiger partial charge in [0.2, 0.25) is 0 Å². The van der Waals surface area contributed by atoms with Gasteiger partial charge < -0.3 is 5.11 Å². The van der Waals surface area contributed by atoms with Gasteiger partial charge in [0, 0.05) is 10.5 Å². The van der Waals surface area contributed by atoms with Gasteiger partial charge in [-0.2, -0.15) is 5.10 Å². The highest BCUT2D eigenvalue weighted by atomic mass is 79.9. The van der Waals surface area contributed by atoms with Crippen LogP contribution in [0.15, 0.2) is 28.9 Å². The number of rotatable bonds is 3. The Bertz CT molecular complexity index is 638. The maximum absolute atomic E-state index is 11.0. The largest absolute Gasteiger partial charge is 0.478 e. The van der Waals surface area contributed by atoms with E-state index in [1.807, 2.05) is 0 Å². The summed E-state index contributed by atoms with van der Waals surface area (Å²) in [5, 5.41) is 26.0. The van der Waals surface area contributed by atoms with E-state index >= 15 is 0 Å². The second kappa shape index (κ2) is 4.57. The Morgan fingerprint density at radius 2 is 2.22 bits per heavy atom. The number of aromatic carboxylic acids is 1. The molecular formula is C10H6BrN3O4. The average Bonchev–Trinajstić information content (AvgIpc) is 2.77. The van der Waals surface area contributed by atoms with E-state index in [1.54, 1.807) is 6.07 Å². The van der Waals surface area contributed by atoms with Crippen LogP contribution in [0.4, 0.5) is 5.69 Å². The number of carbonyl (C=O) groups is 1. The van der Waals surface area contributed by atoms with Gasteiger partial charge in [0.25, 0.3) is 5.69 Å². The van der Waals surface area contributed by atoms with Crippen molar-refractivity contribution in [2.75, 3.05) is 0 Å². The number of benzene rings is 1. The lowest BCUT2D eigenvalue weighted by atomic mass is 10.1. The monoisotopic (exact) mass is 311 g/mol. The summed E-state index contributed by atoms with van der Waals surface area (Å²) in [5.41, 5.74) is -0.0173. The van der Waals surface area contributed by atoms with Crippen molar-refractivity contribution in [2.45, 2.75) is 0 Å². The molecule has 7 nitrogen and oxygen atoms in total. The highest BCUT2D eigenvalue weighted by Crippen LogP contribution is 2.32. The Hall–Kier alpha value is -2.22. The molecule has 92 valence electrons. The summed E-state index contributed by atoms with van der Waals surface area (Å²) in [7, 11) is 0. The number of carboxylic acids is 1. The quantitative estimate of drug-likeness (QED) is 0.668. The van der Waals surface area contributed by atoms with Crippen LogP contribution in [0.1, 0.15) is 10.4 Å². The number of nitro benzene ring substituents is 1. The maximum Gasteiger partial charge on any atom is 0.339 e. The van der Waals surface area contributed by atoms with Gasteiger partial charge in [-0.25, -0.2) is 4.79 Å². The van der Waals surface area contributed by atoms with Crippen LogP contribution < -0.4 is 0 Å². The van der Waals surface area contributed by atoms with Gasteiger partial charge >= 0.3 is 5.97 Å². The van der Waals surface area contributed by atoms with Crippen LogP contribution in [-0.4, -0.2) is 26.2 Å². The molecule has 18 heavy (non-hydrogen) atoms. The first kappa shape index (κ1) is 12.2. The molecule has 2 rings (SSSR count). The zero-order valence-corrected chi connectivity index (χ0v) is 10.3. The third-order valence-electron chi connectivity index (χ3n) is 2.30. The topological polar surface area (TPSA) is 109 Å². The fourth-order valence-electron chi connectivity index (χ4n) is 1.52. The molecule has 8 heteroatoms. The van der Waals surface area contributed by atoms with E-state index in [0.29, 0.717) is 4.47 Å². The van der Waals surface area contributed by atoms with Crippen molar-refractivity contribution in [3.8, 4) is 11.3 Å². The lowest BCUT2D eigenvalue weighted by molar-refractivity contribution is -0.384. The molecule has 0 saturated heterocycles. The first-order valence-corrected chi connectivity index (χ1v) is 5.51. The van der Waals surface area contributed by atoms with Crippen LogP contribution in [0.5, 0.6) is 0 Å². The van der Waals surface area contributed by atoms with Crippen molar-refractivity contribution in [3.63, 3.8) is 0 Å². The third-order valence-corrected chi connectivity index (χ3v) is 2.79. The number of hydrogen-bond acceptors (Lipinski definition) is 4. The molecule has 1 aromatic carbocycles. The van der Waals surface area contributed by atoms with Gasteiger partial charge in [-0.1, -0.05) is 15.9 Å². The molecule has 0 radical (unpaired) electrons. The van der Waals surface area contributed by atoms with Crippen LogP contribution in [0.2, 0.25) is 0 Å². The normalized spacial score (nSPS) is 10.3. The predicted octanol–water partition coefficient (Wildman–Crippen LogP) is 2.45. The Morgan fingerprint density at radius 3 is 2.83 bits per heavy atom. The molecular weight excluding hydrogens is 306 g/mol. The summed E-state index contributed by atoms with van der Waals surface area (Å²) in [6.07, 6.45) is 1.11. The number of hydrogen-bond donors (Lipinski definition) is 2. The van der Waals surface area contributed by atoms with Crippen LogP contribution >= 0.6 is 15.9 Å². The zero-order valence-electron chi connectivity index (χ0n) is 8.75. The molecule has 0 spiro atoms. The summed E-state index contributed by atoms with van der Waals surface area (Å²) in [4.78, 5) is 21.3. The van der Waals surface area contributed by atoms with E-state index in [1.165, 1.54) is 12.1 Å². The maximum atomic E-state index is 11.0. The number of nitrogens with zero attached hydrogens (tertiary/aromatic N) is 2. The fourth-order valence-corrected chi connectivity index (χ4v) is 1.87. The minimum atomic E-state index is -1.20. The molecule has 0 amide bonds. The van der Waals surface area contributed by atoms with Crippen LogP contribution in [-0.2, 0) is 0 Å². The zero-order chi connectivity index (χ0) is 13.3. The molecule has 2 aromatic rings. The molecule has 0 aliphatic rings. The van der Waals surface area contributed by atoms with E-state index in [0.717, 1.165) is 6.20 Å². The number of nitrogens with one attached hydrogen (secondary N) is 1. The van der Waals surface area contributed by atoms with Gasteiger partial charge in [-0.15, -0.1) is 0 Å². The SMILES string of the molecule is O=C(O)c1cn[nH]c1-c1ccc(Br)cc1[N+](=O)[O-]. The van der Waals surface area contributed by atoms with E-state index in [2.05, 4.69) is 26.1 Å². The molecule has 2 N–H and O–H groups in total. The van der Waals surface area contributed by atoms with Crippen molar-refractivity contribution in [2.24, 2.45) is 0 Å². The average molecular weight is 312 g/mol. The van der Waals surface area contributed by atoms with Crippen LogP contribution in [0.25, 0.3) is 11.3 Å². The standard InChI is InChI=1S/C10H6BrN3O4/c11-5-1-2-6(8(3-5)14(17)18)9-7(10(15)16)4-12-13-9/h1-4H,(H,12,13)(H,15,16). The number of aromatic amines is 1. The van der Waals surface area contributed by atoms with Crippen molar-refractivity contribution in [1.29, 1.82) is 0 Å². The summed E-state index contributed by atoms with van der Waals surface area (Å²) in [5.74, 6) is -1.20. The number of halogens is 1. The van der Waals surface area contributed by atoms with Crippen molar-refractivity contribution in [1.82, 2.24) is 10.2 Å². The molecule has 0 atom stereocenters. The second-order valence-electron chi connectivity index (χ2n) is 3.38. The van der Waals surface area contributed by atoms with Gasteiger partial charge in [0.05, 0.1) is 22.4 Å². The first-order valence-electron chi connectivity index (χ1n) is 4.71. The van der Waals surface area contributed by atoms with Crippen molar-refractivity contribution in [3.05, 3.63) is 44.5 Å². The third kappa shape index (κ3) is 2.09. The Kier molecular flexibility index (Phi) is 3.11. The lowest BCUT2D eigenvalue weighted by Crippen LogP contribution is -1.99. The Balaban J connectivity index is 2.67. The summed E-state index contributed by atoms with van der Waals surface area (Å²) in [6.45, 7) is 0. The fraction of sp³-hybridized carbons (Fsp3) is 0. The molecule has 1 aromatic heterocycles. The predicted molar refractivity (Wildman–Crippen MR) is 65.3 cm³/mol. The van der Waals surface area contributed by atoms with Crippen molar-refractivity contribution >= 4 is 27.6 Å². The number of aromatic nitrogens is 2. The van der Waals surface area contributed by atoms with Gasteiger partial charge in [-0.3, -0.25) is 15.2 Å². The molecule has 0 aliphatic carbocycles. The van der Waals surface area contributed by atoms with Crippen LogP contribution in [0.3, 0.4) is 0 Å². The van der Waals surface area contributed by atoms with E-state index in [-0.39, 0.29) is 22.5 Å². The highest BCUT2D eigenvalue weighted by molar-refractivity contribution is 9.10. The summed E-state index contributed by atoms with van der Waals surface area (Å²) in [6, 6.07) is 4.36. The number of nitro groups is 1. The van der Waals surface area contributed by atoms with Crippen molar-refractivity contribution < 1.29 is 14.8 Å². The Labute approximate surface area is 109 Å². The van der Waals surface area contributed by atoms with E-state index in [4.69, 9.17) is 5.11 Å². The smallest absolute Gasteiger partial charge is 0.339 e. The van der Waals surface area contributed by atoms with E-state index in [9.17, 15) is 14.9 Å². The minimum absolute atomic E-state index is 0.111. The lowest BCUT2D eigenvalue weighted by Gasteiger charge is -2.02. The second-order valence-corrected chi connectivity index (χ2v) is 4.30. The van der Waals surface area contributed by atoms with Gasteiger partial charge in [-0.05, 0) is 12.1 Å². The van der Waals surface area contributed by atoms with Crippen LogP contribution in [0, 0.1) is 10.1 Å². The highest BCUT2D eigenvalue weighted by Gasteiger charge is 2.22. The summed E-state index contributed by atoms with van der Waals surface area (Å²) < 4.78 is 0.536. The van der Waals surface area contributed by atoms with E-state index < -0.39 is 10.9 Å². The molecule has 1 heterocycles.